The molecule has 0 saturated carbocycles. The molecule has 0 fully saturated rings. The quantitative estimate of drug-likeness (QED) is 0.467. The normalized spacial score (nSPS) is 8.57. The van der Waals surface area contributed by atoms with Crippen molar-refractivity contribution in [2.45, 2.75) is 0 Å². The van der Waals surface area contributed by atoms with Crippen molar-refractivity contribution in [2.75, 3.05) is 0 Å². The number of nitrogens with zero attached hydrogens (tertiary/aromatic N) is 3. The summed E-state index contributed by atoms with van der Waals surface area (Å²) in [4.78, 5) is 41.2. The SMILES string of the molecule is O=C(O)c1ccccn1.O=C(O)c1ccccn1.O=C(O)c1ccccn1.[Gd]. The van der Waals surface area contributed by atoms with Crippen molar-refractivity contribution in [3.63, 3.8) is 0 Å². The zero-order valence-electron chi connectivity index (χ0n) is 14.2. The van der Waals surface area contributed by atoms with Gasteiger partial charge in [-0.1, -0.05) is 18.2 Å². The molecule has 0 atom stereocenters. The van der Waals surface area contributed by atoms with E-state index in [1.165, 1.54) is 36.8 Å². The van der Waals surface area contributed by atoms with E-state index in [4.69, 9.17) is 15.3 Å². The summed E-state index contributed by atoms with van der Waals surface area (Å²) in [6.45, 7) is 0. The Hall–Kier alpha value is -2.82. The predicted octanol–water partition coefficient (Wildman–Crippen LogP) is 2.34. The van der Waals surface area contributed by atoms with Gasteiger partial charge < -0.3 is 15.3 Å². The van der Waals surface area contributed by atoms with E-state index in [9.17, 15) is 14.4 Å². The van der Waals surface area contributed by atoms with Crippen LogP contribution in [0.15, 0.2) is 73.2 Å². The first-order valence-electron chi connectivity index (χ1n) is 7.34. The second kappa shape index (κ2) is 14.3. The number of aromatic carboxylic acids is 3. The molecule has 0 spiro atoms. The maximum atomic E-state index is 10.1. The summed E-state index contributed by atoms with van der Waals surface area (Å²) in [5.41, 5.74) is 0.243. The first-order chi connectivity index (χ1) is 12.9. The standard InChI is InChI=1S/3C6H5NO2.Gd/c3*8-6(9)5-3-1-2-4-7-5;/h3*1-4H,(H,8,9);. The van der Waals surface area contributed by atoms with Crippen molar-refractivity contribution < 1.29 is 69.6 Å². The molecule has 146 valence electrons. The Morgan fingerprint density at radius 3 is 0.893 bits per heavy atom. The second-order valence-corrected chi connectivity index (χ2v) is 4.56. The van der Waals surface area contributed by atoms with E-state index in [-0.39, 0.29) is 57.0 Å². The van der Waals surface area contributed by atoms with Crippen LogP contribution in [0.2, 0.25) is 0 Å². The van der Waals surface area contributed by atoms with Crippen molar-refractivity contribution >= 4 is 17.9 Å². The molecule has 0 aliphatic rings. The third kappa shape index (κ3) is 10.4. The number of pyridine rings is 3. The molecule has 10 heteroatoms. The van der Waals surface area contributed by atoms with E-state index >= 15 is 0 Å². The minimum atomic E-state index is -0.990. The minimum Gasteiger partial charge on any atom is -0.477 e. The Balaban J connectivity index is 0.000000384. The van der Waals surface area contributed by atoms with Gasteiger partial charge in [-0.15, -0.1) is 0 Å². The second-order valence-electron chi connectivity index (χ2n) is 4.56. The monoisotopic (exact) mass is 527 g/mol. The summed E-state index contributed by atoms with van der Waals surface area (Å²) in [5, 5.41) is 25.0. The largest absolute Gasteiger partial charge is 0.477 e. The van der Waals surface area contributed by atoms with Crippen molar-refractivity contribution in [3.05, 3.63) is 90.3 Å². The molecule has 0 aliphatic heterocycles. The molecule has 0 radical (unpaired) electrons. The number of rotatable bonds is 3. The summed E-state index contributed by atoms with van der Waals surface area (Å²) in [6, 6.07) is 14.3. The Bertz CT molecular complexity index is 747. The fraction of sp³-hybridized carbons (Fsp3) is 0. The third-order valence-electron chi connectivity index (χ3n) is 2.65. The van der Waals surface area contributed by atoms with E-state index in [1.807, 2.05) is 0 Å². The molecule has 0 saturated heterocycles. The van der Waals surface area contributed by atoms with Crippen LogP contribution in [0, 0.1) is 39.9 Å². The summed E-state index contributed by atoms with van der Waals surface area (Å²) in [6.07, 6.45) is 4.34. The number of hydrogen-bond acceptors (Lipinski definition) is 6. The van der Waals surface area contributed by atoms with Crippen molar-refractivity contribution in [1.82, 2.24) is 15.0 Å². The van der Waals surface area contributed by atoms with Gasteiger partial charge in [0.1, 0.15) is 17.1 Å². The van der Waals surface area contributed by atoms with Crippen LogP contribution < -0.4 is 0 Å². The van der Waals surface area contributed by atoms with Crippen molar-refractivity contribution in [2.24, 2.45) is 0 Å². The van der Waals surface area contributed by atoms with Crippen LogP contribution in [0.3, 0.4) is 0 Å². The molecular formula is C18H15GdN3O6. The average Bonchev–Trinajstić information content (AvgIpc) is 2.71. The van der Waals surface area contributed by atoms with Crippen LogP contribution in [0.5, 0.6) is 0 Å². The van der Waals surface area contributed by atoms with Crippen LogP contribution in [-0.4, -0.2) is 48.2 Å². The van der Waals surface area contributed by atoms with Gasteiger partial charge in [-0.2, -0.15) is 0 Å². The number of carboxylic acid groups (broad SMARTS) is 3. The van der Waals surface area contributed by atoms with Crippen LogP contribution in [0.1, 0.15) is 31.5 Å². The Morgan fingerprint density at radius 2 is 0.786 bits per heavy atom. The Kier molecular flexibility index (Phi) is 12.8. The number of hydrogen-bond donors (Lipinski definition) is 3. The van der Waals surface area contributed by atoms with E-state index in [1.54, 1.807) is 36.4 Å². The predicted molar refractivity (Wildman–Crippen MR) is 93.6 cm³/mol. The van der Waals surface area contributed by atoms with Crippen molar-refractivity contribution in [3.8, 4) is 0 Å². The molecule has 3 aromatic heterocycles. The molecule has 0 bridgehead atoms. The molecule has 3 N–H and O–H groups in total. The summed E-state index contributed by atoms with van der Waals surface area (Å²) >= 11 is 0. The smallest absolute Gasteiger partial charge is 0.354 e. The maximum Gasteiger partial charge on any atom is 0.354 e. The van der Waals surface area contributed by atoms with Gasteiger partial charge in [0, 0.05) is 58.5 Å². The topological polar surface area (TPSA) is 151 Å². The zero-order valence-corrected chi connectivity index (χ0v) is 16.5. The Labute approximate surface area is 191 Å². The molecule has 0 aliphatic carbocycles. The summed E-state index contributed by atoms with van der Waals surface area (Å²) in [7, 11) is 0. The summed E-state index contributed by atoms with van der Waals surface area (Å²) in [5.74, 6) is -2.97. The van der Waals surface area contributed by atoms with Gasteiger partial charge in [0.2, 0.25) is 0 Å². The fourth-order valence-corrected chi connectivity index (χ4v) is 1.47. The molecule has 28 heavy (non-hydrogen) atoms. The summed E-state index contributed by atoms with van der Waals surface area (Å²) < 4.78 is 0. The average molecular weight is 527 g/mol. The number of aromatic nitrogens is 3. The molecule has 0 aromatic carbocycles. The first-order valence-corrected chi connectivity index (χ1v) is 7.34. The van der Waals surface area contributed by atoms with Gasteiger partial charge in [0.25, 0.3) is 0 Å². The Morgan fingerprint density at radius 1 is 0.536 bits per heavy atom. The minimum absolute atomic E-state index is 0. The van der Waals surface area contributed by atoms with Gasteiger partial charge in [0.15, 0.2) is 0 Å². The molecule has 3 aromatic rings. The van der Waals surface area contributed by atoms with Crippen LogP contribution in [0.25, 0.3) is 0 Å². The number of carbonyl (C=O) groups is 3. The van der Waals surface area contributed by atoms with Crippen molar-refractivity contribution in [1.29, 1.82) is 0 Å². The van der Waals surface area contributed by atoms with Crippen LogP contribution >= 0.6 is 0 Å². The molecular weight excluding hydrogens is 511 g/mol. The zero-order chi connectivity index (χ0) is 20.1. The van der Waals surface area contributed by atoms with Gasteiger partial charge in [-0.3, -0.25) is 0 Å². The molecule has 3 rings (SSSR count). The van der Waals surface area contributed by atoms with Crippen LogP contribution in [0.4, 0.5) is 0 Å². The molecule has 0 unspecified atom stereocenters. The van der Waals surface area contributed by atoms with E-state index in [0.717, 1.165) is 0 Å². The van der Waals surface area contributed by atoms with Gasteiger partial charge in [-0.25, -0.2) is 29.3 Å². The third-order valence-corrected chi connectivity index (χ3v) is 2.65. The molecule has 3 heterocycles. The van der Waals surface area contributed by atoms with E-state index in [2.05, 4.69) is 15.0 Å². The number of carboxylic acids is 3. The van der Waals surface area contributed by atoms with Gasteiger partial charge in [0.05, 0.1) is 0 Å². The van der Waals surface area contributed by atoms with Gasteiger partial charge >= 0.3 is 17.9 Å². The van der Waals surface area contributed by atoms with E-state index in [0.29, 0.717) is 0 Å². The first kappa shape index (κ1) is 25.2. The van der Waals surface area contributed by atoms with E-state index < -0.39 is 17.9 Å². The maximum absolute atomic E-state index is 10.1. The molecule has 9 nitrogen and oxygen atoms in total. The fourth-order valence-electron chi connectivity index (χ4n) is 1.47. The molecule has 0 amide bonds. The van der Waals surface area contributed by atoms with Gasteiger partial charge in [-0.05, 0) is 36.4 Å². The van der Waals surface area contributed by atoms with Crippen LogP contribution in [-0.2, 0) is 0 Å².